The van der Waals surface area contributed by atoms with Crippen molar-refractivity contribution in [3.8, 4) is 0 Å². The minimum Gasteiger partial charge on any atom is -0.378 e. The average molecular weight is 237 g/mol. The standard InChI is InChI=1S/C13H16FNO2/c14-12-6-2-1-5-11(12)13(16)15-8-7-10-4-3-9-17-10/h1-2,5-6,10H,3-4,7-9H2,(H,15,16). The summed E-state index contributed by atoms with van der Waals surface area (Å²) in [5, 5.41) is 2.71. The molecule has 0 saturated carbocycles. The Hall–Kier alpha value is -1.42. The predicted molar refractivity (Wildman–Crippen MR) is 62.3 cm³/mol. The van der Waals surface area contributed by atoms with Crippen molar-refractivity contribution in [2.75, 3.05) is 13.2 Å². The average Bonchev–Trinajstić information content (AvgIpc) is 2.82. The lowest BCUT2D eigenvalue weighted by Gasteiger charge is -2.10. The van der Waals surface area contributed by atoms with Crippen LogP contribution in [0.15, 0.2) is 24.3 Å². The molecule has 1 saturated heterocycles. The number of rotatable bonds is 4. The number of halogens is 1. The van der Waals surface area contributed by atoms with Gasteiger partial charge in [0.1, 0.15) is 5.82 Å². The highest BCUT2D eigenvalue weighted by molar-refractivity contribution is 5.94. The second-order valence-electron chi connectivity index (χ2n) is 4.16. The Labute approximate surface area is 100.0 Å². The number of hydrogen-bond acceptors (Lipinski definition) is 2. The fraction of sp³-hybridized carbons (Fsp3) is 0.462. The van der Waals surface area contributed by atoms with Gasteiger partial charge < -0.3 is 10.1 Å². The zero-order valence-corrected chi connectivity index (χ0v) is 9.62. The van der Waals surface area contributed by atoms with Crippen molar-refractivity contribution in [1.29, 1.82) is 0 Å². The first-order chi connectivity index (χ1) is 8.27. The highest BCUT2D eigenvalue weighted by Crippen LogP contribution is 2.14. The molecule has 1 fully saturated rings. The summed E-state index contributed by atoms with van der Waals surface area (Å²) in [7, 11) is 0. The van der Waals surface area contributed by atoms with Gasteiger partial charge in [-0.15, -0.1) is 0 Å². The summed E-state index contributed by atoms with van der Waals surface area (Å²) < 4.78 is 18.7. The summed E-state index contributed by atoms with van der Waals surface area (Å²) in [5.41, 5.74) is 0.0971. The molecule has 3 nitrogen and oxygen atoms in total. The number of amides is 1. The fourth-order valence-electron chi connectivity index (χ4n) is 1.96. The van der Waals surface area contributed by atoms with Crippen LogP contribution in [0.3, 0.4) is 0 Å². The Morgan fingerprint density at radius 2 is 2.29 bits per heavy atom. The van der Waals surface area contributed by atoms with Gasteiger partial charge in [0.2, 0.25) is 0 Å². The normalized spacial score (nSPS) is 19.2. The van der Waals surface area contributed by atoms with E-state index in [0.29, 0.717) is 6.54 Å². The van der Waals surface area contributed by atoms with Crippen LogP contribution in [-0.2, 0) is 4.74 Å². The maximum Gasteiger partial charge on any atom is 0.254 e. The monoisotopic (exact) mass is 237 g/mol. The van der Waals surface area contributed by atoms with Crippen LogP contribution in [0.1, 0.15) is 29.6 Å². The highest BCUT2D eigenvalue weighted by atomic mass is 19.1. The van der Waals surface area contributed by atoms with Gasteiger partial charge >= 0.3 is 0 Å². The van der Waals surface area contributed by atoms with Crippen molar-refractivity contribution in [3.63, 3.8) is 0 Å². The Bertz CT molecular complexity index is 389. The van der Waals surface area contributed by atoms with Crippen LogP contribution < -0.4 is 5.32 Å². The minimum atomic E-state index is -0.484. The van der Waals surface area contributed by atoms with Gasteiger partial charge in [0.15, 0.2) is 0 Å². The summed E-state index contributed by atoms with van der Waals surface area (Å²) in [6.07, 6.45) is 3.18. The molecule has 0 radical (unpaired) electrons. The summed E-state index contributed by atoms with van der Waals surface area (Å²) in [6, 6.07) is 5.99. The molecule has 4 heteroatoms. The summed E-state index contributed by atoms with van der Waals surface area (Å²) in [6.45, 7) is 1.34. The molecule has 2 rings (SSSR count). The van der Waals surface area contributed by atoms with Crippen LogP contribution in [0.4, 0.5) is 4.39 Å². The first kappa shape index (κ1) is 12.0. The van der Waals surface area contributed by atoms with Crippen molar-refractivity contribution in [2.24, 2.45) is 0 Å². The number of nitrogens with one attached hydrogen (secondary N) is 1. The number of hydrogen-bond donors (Lipinski definition) is 1. The fourth-order valence-corrected chi connectivity index (χ4v) is 1.96. The third-order valence-corrected chi connectivity index (χ3v) is 2.89. The smallest absolute Gasteiger partial charge is 0.254 e. The molecule has 1 heterocycles. The second kappa shape index (κ2) is 5.77. The first-order valence-electron chi connectivity index (χ1n) is 5.91. The molecular formula is C13H16FNO2. The minimum absolute atomic E-state index is 0.0971. The molecule has 0 bridgehead atoms. The lowest BCUT2D eigenvalue weighted by atomic mass is 10.1. The highest BCUT2D eigenvalue weighted by Gasteiger charge is 2.16. The van der Waals surface area contributed by atoms with E-state index in [-0.39, 0.29) is 17.6 Å². The molecule has 1 unspecified atom stereocenters. The van der Waals surface area contributed by atoms with Crippen molar-refractivity contribution < 1.29 is 13.9 Å². The zero-order chi connectivity index (χ0) is 12.1. The van der Waals surface area contributed by atoms with Crippen LogP contribution in [0.25, 0.3) is 0 Å². The van der Waals surface area contributed by atoms with E-state index in [1.54, 1.807) is 12.1 Å². The topological polar surface area (TPSA) is 38.3 Å². The van der Waals surface area contributed by atoms with Gasteiger partial charge in [0, 0.05) is 13.2 Å². The van der Waals surface area contributed by atoms with Crippen LogP contribution in [-0.4, -0.2) is 25.2 Å². The van der Waals surface area contributed by atoms with E-state index < -0.39 is 5.82 Å². The van der Waals surface area contributed by atoms with Crippen LogP contribution in [0.2, 0.25) is 0 Å². The number of carbonyl (C=O) groups excluding carboxylic acids is 1. The maximum absolute atomic E-state index is 13.3. The van der Waals surface area contributed by atoms with Gasteiger partial charge in [-0.1, -0.05) is 12.1 Å². The van der Waals surface area contributed by atoms with Crippen LogP contribution in [0, 0.1) is 5.82 Å². The molecule has 0 aromatic heterocycles. The van der Waals surface area contributed by atoms with Crippen LogP contribution in [0.5, 0.6) is 0 Å². The second-order valence-corrected chi connectivity index (χ2v) is 4.16. The van der Waals surface area contributed by atoms with E-state index in [2.05, 4.69) is 5.32 Å². The van der Waals surface area contributed by atoms with Crippen molar-refractivity contribution in [1.82, 2.24) is 5.32 Å². The van der Waals surface area contributed by atoms with Crippen molar-refractivity contribution in [2.45, 2.75) is 25.4 Å². The van der Waals surface area contributed by atoms with E-state index >= 15 is 0 Å². The third-order valence-electron chi connectivity index (χ3n) is 2.89. The summed E-state index contributed by atoms with van der Waals surface area (Å²) >= 11 is 0. The molecule has 1 atom stereocenters. The molecule has 1 amide bonds. The van der Waals surface area contributed by atoms with Gasteiger partial charge in [-0.2, -0.15) is 0 Å². The molecule has 0 aliphatic carbocycles. The molecular weight excluding hydrogens is 221 g/mol. The lowest BCUT2D eigenvalue weighted by Crippen LogP contribution is -2.27. The molecule has 0 spiro atoms. The zero-order valence-electron chi connectivity index (χ0n) is 9.62. The van der Waals surface area contributed by atoms with Gasteiger partial charge in [0.25, 0.3) is 5.91 Å². The summed E-state index contributed by atoms with van der Waals surface area (Å²) in [4.78, 5) is 11.6. The summed E-state index contributed by atoms with van der Waals surface area (Å²) in [5.74, 6) is -0.844. The van der Waals surface area contributed by atoms with Crippen LogP contribution >= 0.6 is 0 Å². The van der Waals surface area contributed by atoms with Gasteiger partial charge in [-0.3, -0.25) is 4.79 Å². The molecule has 17 heavy (non-hydrogen) atoms. The van der Waals surface area contributed by atoms with Gasteiger partial charge in [-0.25, -0.2) is 4.39 Å². The molecule has 1 aromatic rings. The van der Waals surface area contributed by atoms with Crippen molar-refractivity contribution in [3.05, 3.63) is 35.6 Å². The Morgan fingerprint density at radius 3 is 3.00 bits per heavy atom. The van der Waals surface area contributed by atoms with E-state index in [0.717, 1.165) is 25.9 Å². The Balaban J connectivity index is 1.79. The SMILES string of the molecule is O=C(NCCC1CCCO1)c1ccccc1F. The van der Waals surface area contributed by atoms with Gasteiger partial charge in [0.05, 0.1) is 11.7 Å². The van der Waals surface area contributed by atoms with E-state index in [1.165, 1.54) is 12.1 Å². The molecule has 92 valence electrons. The largest absolute Gasteiger partial charge is 0.378 e. The van der Waals surface area contributed by atoms with E-state index in [1.807, 2.05) is 0 Å². The Kier molecular flexibility index (Phi) is 4.09. The lowest BCUT2D eigenvalue weighted by molar-refractivity contribution is 0.0904. The van der Waals surface area contributed by atoms with E-state index in [9.17, 15) is 9.18 Å². The van der Waals surface area contributed by atoms with Crippen molar-refractivity contribution >= 4 is 5.91 Å². The molecule has 1 aromatic carbocycles. The molecule has 1 aliphatic rings. The van der Waals surface area contributed by atoms with E-state index in [4.69, 9.17) is 4.74 Å². The third kappa shape index (κ3) is 3.27. The predicted octanol–water partition coefficient (Wildman–Crippen LogP) is 2.12. The Morgan fingerprint density at radius 1 is 1.47 bits per heavy atom. The number of benzene rings is 1. The quantitative estimate of drug-likeness (QED) is 0.871. The maximum atomic E-state index is 13.3. The number of ether oxygens (including phenoxy) is 1. The van der Waals surface area contributed by atoms with Gasteiger partial charge in [-0.05, 0) is 31.4 Å². The number of carbonyl (C=O) groups is 1. The molecule has 1 aliphatic heterocycles. The first-order valence-corrected chi connectivity index (χ1v) is 5.91. The molecule has 1 N–H and O–H groups in total.